The molecule has 4 nitrogen and oxygen atoms in total. The topological polar surface area (TPSA) is 54.0 Å². The van der Waals surface area contributed by atoms with E-state index in [1.165, 1.54) is 19.3 Å². The number of nitrogens with zero attached hydrogens (tertiary/aromatic N) is 1. The number of pyridine rings is 1. The Hall–Kier alpha value is -1.42. The second kappa shape index (κ2) is 4.69. The van der Waals surface area contributed by atoms with Gasteiger partial charge < -0.3 is 10.6 Å². The number of aryl methyl sites for hydroxylation is 1. The highest BCUT2D eigenvalue weighted by atomic mass is 16.2. The smallest absolute Gasteiger partial charge is 0.241 e. The van der Waals surface area contributed by atoms with Crippen LogP contribution in [0.25, 0.3) is 0 Å². The molecule has 3 atom stereocenters. The second-order valence-electron chi connectivity index (χ2n) is 5.42. The summed E-state index contributed by atoms with van der Waals surface area (Å²) < 4.78 is 0. The molecule has 3 rings (SSSR count). The molecule has 18 heavy (non-hydrogen) atoms. The minimum absolute atomic E-state index is 0.0166. The van der Waals surface area contributed by atoms with Gasteiger partial charge in [0.1, 0.15) is 0 Å². The Bertz CT molecular complexity index is 460. The Morgan fingerprint density at radius 2 is 2.39 bits per heavy atom. The van der Waals surface area contributed by atoms with E-state index in [-0.39, 0.29) is 11.9 Å². The molecule has 2 N–H and O–H groups in total. The summed E-state index contributed by atoms with van der Waals surface area (Å²) in [5.74, 6) is 1.33. The monoisotopic (exact) mass is 245 g/mol. The van der Waals surface area contributed by atoms with Crippen molar-refractivity contribution in [1.82, 2.24) is 10.3 Å². The Labute approximate surface area is 107 Å². The number of amides is 1. The molecule has 1 saturated heterocycles. The fourth-order valence-corrected chi connectivity index (χ4v) is 3.28. The van der Waals surface area contributed by atoms with Gasteiger partial charge in [0.25, 0.3) is 0 Å². The van der Waals surface area contributed by atoms with Gasteiger partial charge >= 0.3 is 0 Å². The van der Waals surface area contributed by atoms with E-state index in [1.54, 1.807) is 12.4 Å². The Balaban J connectivity index is 1.70. The number of nitrogens with one attached hydrogen (secondary N) is 2. The Morgan fingerprint density at radius 1 is 1.50 bits per heavy atom. The van der Waals surface area contributed by atoms with Crippen LogP contribution in [0.2, 0.25) is 0 Å². The normalized spacial score (nSPS) is 30.2. The molecular formula is C14H19N3O. The molecule has 1 aromatic heterocycles. The number of hydrogen-bond donors (Lipinski definition) is 2. The predicted molar refractivity (Wildman–Crippen MR) is 70.2 cm³/mol. The quantitative estimate of drug-likeness (QED) is 0.834. The summed E-state index contributed by atoms with van der Waals surface area (Å²) in [5, 5.41) is 6.37. The molecule has 1 aliphatic carbocycles. The number of rotatable bonds is 2. The van der Waals surface area contributed by atoms with E-state index in [0.717, 1.165) is 17.8 Å². The Morgan fingerprint density at radius 3 is 3.22 bits per heavy atom. The lowest BCUT2D eigenvalue weighted by Gasteiger charge is -2.18. The summed E-state index contributed by atoms with van der Waals surface area (Å²) >= 11 is 0. The third-order valence-corrected chi connectivity index (χ3v) is 4.33. The molecule has 0 bridgehead atoms. The molecule has 1 amide bonds. The fraction of sp³-hybridized carbons (Fsp3) is 0.571. The molecule has 96 valence electrons. The summed E-state index contributed by atoms with van der Waals surface area (Å²) in [6.45, 7) is 2.98. The van der Waals surface area contributed by atoms with Crippen LogP contribution < -0.4 is 10.6 Å². The molecule has 2 fully saturated rings. The van der Waals surface area contributed by atoms with E-state index in [4.69, 9.17) is 0 Å². The van der Waals surface area contributed by atoms with E-state index in [0.29, 0.717) is 11.8 Å². The van der Waals surface area contributed by atoms with Crippen molar-refractivity contribution < 1.29 is 4.79 Å². The van der Waals surface area contributed by atoms with Crippen molar-refractivity contribution in [1.29, 1.82) is 0 Å². The van der Waals surface area contributed by atoms with Gasteiger partial charge in [0.05, 0.1) is 17.9 Å². The van der Waals surface area contributed by atoms with Gasteiger partial charge in [-0.2, -0.15) is 0 Å². The van der Waals surface area contributed by atoms with E-state index in [9.17, 15) is 4.79 Å². The molecule has 0 spiro atoms. The van der Waals surface area contributed by atoms with Gasteiger partial charge in [-0.05, 0) is 49.8 Å². The number of hydrogen-bond acceptors (Lipinski definition) is 3. The molecule has 1 saturated carbocycles. The largest absolute Gasteiger partial charge is 0.323 e. The molecule has 2 heterocycles. The highest BCUT2D eigenvalue weighted by molar-refractivity contribution is 5.95. The SMILES string of the molecule is Cc1ccncc1NC(=O)C1NCC2CCCC21. The van der Waals surface area contributed by atoms with Crippen molar-refractivity contribution in [2.75, 3.05) is 11.9 Å². The van der Waals surface area contributed by atoms with Crippen LogP contribution >= 0.6 is 0 Å². The molecule has 0 aromatic carbocycles. The van der Waals surface area contributed by atoms with Crippen molar-refractivity contribution in [3.8, 4) is 0 Å². The predicted octanol–water partition coefficient (Wildman–Crippen LogP) is 1.72. The van der Waals surface area contributed by atoms with Gasteiger partial charge in [-0.1, -0.05) is 6.42 Å². The molecule has 4 heteroatoms. The number of anilines is 1. The lowest BCUT2D eigenvalue weighted by atomic mass is 9.93. The zero-order chi connectivity index (χ0) is 12.5. The molecule has 1 aromatic rings. The van der Waals surface area contributed by atoms with Crippen LogP contribution in [0.1, 0.15) is 24.8 Å². The van der Waals surface area contributed by atoms with Crippen LogP contribution in [-0.4, -0.2) is 23.5 Å². The molecule has 1 aliphatic heterocycles. The van der Waals surface area contributed by atoms with Crippen molar-refractivity contribution in [2.45, 2.75) is 32.2 Å². The van der Waals surface area contributed by atoms with Crippen LogP contribution in [0.3, 0.4) is 0 Å². The van der Waals surface area contributed by atoms with Crippen LogP contribution in [0.15, 0.2) is 18.5 Å². The molecular weight excluding hydrogens is 226 g/mol. The molecule has 2 aliphatic rings. The second-order valence-corrected chi connectivity index (χ2v) is 5.42. The first-order valence-corrected chi connectivity index (χ1v) is 6.70. The van der Waals surface area contributed by atoms with Crippen molar-refractivity contribution in [2.24, 2.45) is 11.8 Å². The first kappa shape index (κ1) is 11.7. The number of aromatic nitrogens is 1. The maximum absolute atomic E-state index is 12.3. The minimum atomic E-state index is -0.0166. The van der Waals surface area contributed by atoms with Crippen molar-refractivity contribution >= 4 is 11.6 Å². The minimum Gasteiger partial charge on any atom is -0.323 e. The maximum Gasteiger partial charge on any atom is 0.241 e. The van der Waals surface area contributed by atoms with Crippen LogP contribution in [-0.2, 0) is 4.79 Å². The molecule has 0 radical (unpaired) electrons. The average Bonchev–Trinajstić information content (AvgIpc) is 2.93. The summed E-state index contributed by atoms with van der Waals surface area (Å²) in [5.41, 5.74) is 1.88. The number of fused-ring (bicyclic) bond motifs is 1. The van der Waals surface area contributed by atoms with E-state index in [1.807, 2.05) is 13.0 Å². The van der Waals surface area contributed by atoms with Gasteiger partial charge in [0, 0.05) is 6.20 Å². The zero-order valence-corrected chi connectivity index (χ0v) is 10.6. The first-order valence-electron chi connectivity index (χ1n) is 6.70. The lowest BCUT2D eigenvalue weighted by molar-refractivity contribution is -0.118. The van der Waals surface area contributed by atoms with Gasteiger partial charge in [-0.25, -0.2) is 0 Å². The van der Waals surface area contributed by atoms with E-state index in [2.05, 4.69) is 15.6 Å². The van der Waals surface area contributed by atoms with Gasteiger partial charge in [-0.15, -0.1) is 0 Å². The van der Waals surface area contributed by atoms with Crippen LogP contribution in [0.4, 0.5) is 5.69 Å². The van der Waals surface area contributed by atoms with Crippen molar-refractivity contribution in [3.63, 3.8) is 0 Å². The van der Waals surface area contributed by atoms with Gasteiger partial charge in [0.2, 0.25) is 5.91 Å². The number of carbonyl (C=O) groups excluding carboxylic acids is 1. The Kier molecular flexibility index (Phi) is 3.04. The van der Waals surface area contributed by atoms with Crippen molar-refractivity contribution in [3.05, 3.63) is 24.0 Å². The van der Waals surface area contributed by atoms with Crippen LogP contribution in [0.5, 0.6) is 0 Å². The zero-order valence-electron chi connectivity index (χ0n) is 10.6. The number of carbonyl (C=O) groups is 1. The van der Waals surface area contributed by atoms with Gasteiger partial charge in [-0.3, -0.25) is 9.78 Å². The average molecular weight is 245 g/mol. The highest BCUT2D eigenvalue weighted by Crippen LogP contribution is 2.38. The van der Waals surface area contributed by atoms with Gasteiger partial charge in [0.15, 0.2) is 0 Å². The van der Waals surface area contributed by atoms with E-state index >= 15 is 0 Å². The summed E-state index contributed by atoms with van der Waals surface area (Å²) in [6, 6.07) is 1.90. The standard InChI is InChI=1S/C14H19N3O/c1-9-5-6-15-8-12(9)17-14(18)13-11-4-2-3-10(11)7-16-13/h5-6,8,10-11,13,16H,2-4,7H2,1H3,(H,17,18). The third-order valence-electron chi connectivity index (χ3n) is 4.33. The third kappa shape index (κ3) is 2.01. The first-order chi connectivity index (χ1) is 8.75. The summed E-state index contributed by atoms with van der Waals surface area (Å²) in [7, 11) is 0. The summed E-state index contributed by atoms with van der Waals surface area (Å²) in [4.78, 5) is 16.4. The highest BCUT2D eigenvalue weighted by Gasteiger charge is 2.42. The summed E-state index contributed by atoms with van der Waals surface area (Å²) in [6.07, 6.45) is 7.18. The maximum atomic E-state index is 12.3. The fourth-order valence-electron chi connectivity index (χ4n) is 3.28. The van der Waals surface area contributed by atoms with E-state index < -0.39 is 0 Å². The molecule has 3 unspecified atom stereocenters. The van der Waals surface area contributed by atoms with Crippen LogP contribution in [0, 0.1) is 18.8 Å². The lowest BCUT2D eigenvalue weighted by Crippen LogP contribution is -2.39.